The molecule has 2 fully saturated rings. The number of likely N-dealkylation sites (tertiary alicyclic amines) is 1. The number of aliphatic hydroxyl groups excluding tert-OH is 1. The van der Waals surface area contributed by atoms with Gasteiger partial charge in [0, 0.05) is 51.4 Å². The SMILES string of the molecule is CCOC(c1ccc([C@]2(S(=O)(=O)c3ccc(F)cc3)CCN(C(=O)N3CCN(C(C)O)CC3)C2)cc1)(C(F)(F)F)C(F)(F)F. The molecule has 0 radical (unpaired) electrons. The number of halogens is 7. The number of sulfone groups is 1. The van der Waals surface area contributed by atoms with Crippen molar-refractivity contribution in [2.75, 3.05) is 45.9 Å². The van der Waals surface area contributed by atoms with Crippen LogP contribution in [-0.4, -0.2) is 98.7 Å². The van der Waals surface area contributed by atoms with E-state index in [1.807, 2.05) is 0 Å². The number of ether oxygens (including phenoxy) is 1. The Bertz CT molecular complexity index is 1410. The van der Waals surface area contributed by atoms with Crippen LogP contribution < -0.4 is 0 Å². The van der Waals surface area contributed by atoms with Gasteiger partial charge in [-0.15, -0.1) is 0 Å². The molecule has 2 amide bonds. The van der Waals surface area contributed by atoms with E-state index in [9.17, 15) is 49.1 Å². The molecule has 2 aromatic carbocycles. The molecule has 0 aliphatic carbocycles. The number of nitrogens with zero attached hydrogens (tertiary/aromatic N) is 3. The number of urea groups is 1. The number of hydrogen-bond acceptors (Lipinski definition) is 6. The normalized spacial score (nSPS) is 21.5. The molecule has 8 nitrogen and oxygen atoms in total. The molecule has 0 saturated carbocycles. The van der Waals surface area contributed by atoms with Gasteiger partial charge in [-0.1, -0.05) is 24.3 Å². The molecule has 0 spiro atoms. The number of alkyl halides is 6. The van der Waals surface area contributed by atoms with Gasteiger partial charge in [-0.05, 0) is 50.1 Å². The molecule has 4 rings (SSSR count). The average molecular weight is 656 g/mol. The zero-order chi connectivity index (χ0) is 32.7. The Balaban J connectivity index is 1.77. The predicted molar refractivity (Wildman–Crippen MR) is 144 cm³/mol. The van der Waals surface area contributed by atoms with Gasteiger partial charge < -0.3 is 19.6 Å². The maximum Gasteiger partial charge on any atom is 0.430 e. The molecule has 44 heavy (non-hydrogen) atoms. The summed E-state index contributed by atoms with van der Waals surface area (Å²) in [5.74, 6) is -0.728. The van der Waals surface area contributed by atoms with Crippen molar-refractivity contribution in [2.24, 2.45) is 0 Å². The molecule has 1 unspecified atom stereocenters. The molecule has 0 bridgehead atoms. The maximum atomic E-state index is 14.1. The maximum absolute atomic E-state index is 14.1. The van der Waals surface area contributed by atoms with Crippen molar-refractivity contribution in [1.29, 1.82) is 0 Å². The number of aliphatic hydroxyl groups is 1. The second-order valence-corrected chi connectivity index (χ2v) is 13.0. The third-order valence-electron chi connectivity index (χ3n) is 8.23. The number of rotatable bonds is 7. The summed E-state index contributed by atoms with van der Waals surface area (Å²) < 4.78 is 128. The number of carbonyl (C=O) groups excluding carboxylic acids is 1. The van der Waals surface area contributed by atoms with E-state index in [0.29, 0.717) is 25.2 Å². The smallest absolute Gasteiger partial charge is 0.379 e. The summed E-state index contributed by atoms with van der Waals surface area (Å²) in [5, 5.41) is 9.80. The van der Waals surface area contributed by atoms with E-state index in [-0.39, 0.29) is 36.5 Å². The third-order valence-corrected chi connectivity index (χ3v) is 10.7. The molecular weight excluding hydrogens is 623 g/mol. The highest BCUT2D eigenvalue weighted by molar-refractivity contribution is 7.92. The molecular formula is C28H32F7N3O5S. The Labute approximate surface area is 249 Å². The zero-order valence-electron chi connectivity index (χ0n) is 23.8. The van der Waals surface area contributed by atoms with Gasteiger partial charge in [0.15, 0.2) is 9.84 Å². The lowest BCUT2D eigenvalue weighted by Gasteiger charge is -2.38. The first kappa shape index (κ1) is 33.9. The molecule has 1 N–H and O–H groups in total. The van der Waals surface area contributed by atoms with Crippen LogP contribution in [0, 0.1) is 5.82 Å². The standard InChI is InChI=1S/C28H32F7N3O5S/c1-3-43-26(27(30,31)32,28(33,34)35)21-6-4-20(5-7-21)25(44(41,42)23-10-8-22(29)9-11-23)12-13-38(18-25)24(40)37-16-14-36(15-17-37)19(2)39/h4-11,19,39H,3,12-18H2,1-2H3/t19?,25-/m0/s1. The quantitative estimate of drug-likeness (QED) is 0.346. The van der Waals surface area contributed by atoms with Crippen LogP contribution in [0.15, 0.2) is 53.4 Å². The van der Waals surface area contributed by atoms with E-state index in [0.717, 1.165) is 43.3 Å². The topological polar surface area (TPSA) is 90.4 Å². The number of carbonyl (C=O) groups is 1. The van der Waals surface area contributed by atoms with Crippen LogP contribution in [0.3, 0.4) is 0 Å². The zero-order valence-corrected chi connectivity index (χ0v) is 24.6. The lowest BCUT2D eigenvalue weighted by Crippen LogP contribution is -2.56. The second kappa shape index (κ2) is 12.1. The van der Waals surface area contributed by atoms with Crippen LogP contribution in [0.2, 0.25) is 0 Å². The van der Waals surface area contributed by atoms with Gasteiger partial charge >= 0.3 is 18.4 Å². The first-order valence-electron chi connectivity index (χ1n) is 13.8. The Morgan fingerprint density at radius 2 is 1.45 bits per heavy atom. The Kier molecular flexibility index (Phi) is 9.33. The minimum atomic E-state index is -5.91. The van der Waals surface area contributed by atoms with E-state index < -0.39 is 69.3 Å². The molecule has 2 saturated heterocycles. The Hall–Kier alpha value is -2.95. The van der Waals surface area contributed by atoms with Crippen molar-refractivity contribution >= 4 is 15.9 Å². The van der Waals surface area contributed by atoms with Crippen LogP contribution in [0.4, 0.5) is 35.5 Å². The van der Waals surface area contributed by atoms with Crippen LogP contribution >= 0.6 is 0 Å². The molecule has 2 aliphatic heterocycles. The molecule has 244 valence electrons. The first-order valence-corrected chi connectivity index (χ1v) is 15.2. The molecule has 16 heteroatoms. The number of benzene rings is 2. The van der Waals surface area contributed by atoms with Crippen LogP contribution in [0.1, 0.15) is 31.4 Å². The largest absolute Gasteiger partial charge is 0.430 e. The fraction of sp³-hybridized carbons (Fsp3) is 0.536. The number of piperazine rings is 1. The third kappa shape index (κ3) is 5.76. The highest BCUT2D eigenvalue weighted by atomic mass is 32.2. The van der Waals surface area contributed by atoms with E-state index in [4.69, 9.17) is 0 Å². The van der Waals surface area contributed by atoms with E-state index in [1.165, 1.54) is 9.80 Å². The van der Waals surface area contributed by atoms with Crippen LogP contribution in [-0.2, 0) is 24.9 Å². The van der Waals surface area contributed by atoms with Gasteiger partial charge in [0.2, 0.25) is 0 Å². The summed E-state index contributed by atoms with van der Waals surface area (Å²) in [6, 6.07) is 6.14. The van der Waals surface area contributed by atoms with E-state index in [2.05, 4.69) is 4.74 Å². The van der Waals surface area contributed by atoms with Gasteiger partial charge in [-0.25, -0.2) is 17.6 Å². The lowest BCUT2D eigenvalue weighted by molar-refractivity contribution is -0.388. The average Bonchev–Trinajstić information content (AvgIpc) is 3.42. The summed E-state index contributed by atoms with van der Waals surface area (Å²) in [7, 11) is -4.50. The summed E-state index contributed by atoms with van der Waals surface area (Å²) in [5.41, 5.74) is -6.10. The van der Waals surface area contributed by atoms with Crippen molar-refractivity contribution in [1.82, 2.24) is 14.7 Å². The molecule has 2 atom stereocenters. The fourth-order valence-electron chi connectivity index (χ4n) is 5.84. The van der Waals surface area contributed by atoms with Crippen molar-refractivity contribution in [3.8, 4) is 0 Å². The van der Waals surface area contributed by atoms with Gasteiger partial charge in [-0.3, -0.25) is 4.90 Å². The highest BCUT2D eigenvalue weighted by Gasteiger charge is 2.73. The van der Waals surface area contributed by atoms with Crippen molar-refractivity contribution in [3.63, 3.8) is 0 Å². The number of hydrogen-bond donors (Lipinski definition) is 1. The van der Waals surface area contributed by atoms with E-state index >= 15 is 0 Å². The molecule has 0 aromatic heterocycles. The summed E-state index contributed by atoms with van der Waals surface area (Å²) in [6.45, 7) is 2.28. The molecule has 2 aromatic rings. The summed E-state index contributed by atoms with van der Waals surface area (Å²) in [6.07, 6.45) is -12.8. The van der Waals surface area contributed by atoms with E-state index in [1.54, 1.807) is 11.8 Å². The Morgan fingerprint density at radius 1 is 0.909 bits per heavy atom. The van der Waals surface area contributed by atoms with Crippen molar-refractivity contribution in [2.45, 2.75) is 54.1 Å². The van der Waals surface area contributed by atoms with Crippen LogP contribution in [0.25, 0.3) is 0 Å². The Morgan fingerprint density at radius 3 is 1.93 bits per heavy atom. The minimum absolute atomic E-state index is 0.0917. The lowest BCUT2D eigenvalue weighted by atomic mass is 9.88. The number of amides is 2. The van der Waals surface area contributed by atoms with Crippen molar-refractivity contribution in [3.05, 3.63) is 65.5 Å². The first-order chi connectivity index (χ1) is 20.4. The van der Waals surface area contributed by atoms with Gasteiger partial charge in [0.1, 0.15) is 16.8 Å². The van der Waals surface area contributed by atoms with Gasteiger partial charge in [0.05, 0.1) is 4.90 Å². The van der Waals surface area contributed by atoms with Crippen molar-refractivity contribution < 1.29 is 53.8 Å². The monoisotopic (exact) mass is 655 g/mol. The highest BCUT2D eigenvalue weighted by Crippen LogP contribution is 2.53. The minimum Gasteiger partial charge on any atom is -0.379 e. The second-order valence-electron chi connectivity index (χ2n) is 10.7. The summed E-state index contributed by atoms with van der Waals surface area (Å²) in [4.78, 5) is 17.6. The molecule has 2 heterocycles. The van der Waals surface area contributed by atoms with Gasteiger partial charge in [-0.2, -0.15) is 26.3 Å². The summed E-state index contributed by atoms with van der Waals surface area (Å²) >= 11 is 0. The molecule has 2 aliphatic rings. The van der Waals surface area contributed by atoms with Gasteiger partial charge in [0.25, 0.3) is 5.60 Å². The van der Waals surface area contributed by atoms with Crippen LogP contribution in [0.5, 0.6) is 0 Å². The predicted octanol–water partition coefficient (Wildman–Crippen LogP) is 4.63. The fourth-order valence-corrected chi connectivity index (χ4v) is 7.92.